The van der Waals surface area contributed by atoms with E-state index in [1.54, 1.807) is 24.3 Å². The van der Waals surface area contributed by atoms with E-state index >= 15 is 0 Å². The average Bonchev–Trinajstić information content (AvgIpc) is 3.29. The Hall–Kier alpha value is -3.30. The maximum Gasteiger partial charge on any atom is 0.276 e. The minimum atomic E-state index is -0.372. The number of fused-ring (bicyclic) bond motifs is 1. The van der Waals surface area contributed by atoms with E-state index < -0.39 is 0 Å². The quantitative estimate of drug-likeness (QED) is 0.465. The van der Waals surface area contributed by atoms with Crippen LogP contribution in [0.4, 0.5) is 0 Å². The van der Waals surface area contributed by atoms with Crippen molar-refractivity contribution in [3.63, 3.8) is 0 Å². The lowest BCUT2D eigenvalue weighted by molar-refractivity contribution is -0.121. The molecule has 0 spiro atoms. The molecule has 1 aromatic heterocycles. The Labute approximate surface area is 206 Å². The maximum absolute atomic E-state index is 12.1. The number of benzene rings is 1. The van der Waals surface area contributed by atoms with Crippen LogP contribution in [0.3, 0.4) is 0 Å². The van der Waals surface area contributed by atoms with Gasteiger partial charge < -0.3 is 15.2 Å². The van der Waals surface area contributed by atoms with E-state index in [0.29, 0.717) is 71.9 Å². The fourth-order valence-electron chi connectivity index (χ4n) is 3.51. The molecule has 9 nitrogen and oxygen atoms in total. The minimum Gasteiger partial charge on any atom is -0.368 e. The van der Waals surface area contributed by atoms with Gasteiger partial charge in [0.25, 0.3) is 5.91 Å². The number of hydrogen-bond acceptors (Lipinski definition) is 7. The second-order valence-corrected chi connectivity index (χ2v) is 8.59. The second-order valence-electron chi connectivity index (χ2n) is 7.72. The van der Waals surface area contributed by atoms with Crippen LogP contribution in [0.1, 0.15) is 25.2 Å². The first-order valence-corrected chi connectivity index (χ1v) is 11.6. The van der Waals surface area contributed by atoms with E-state index in [2.05, 4.69) is 31.0 Å². The molecule has 0 saturated carbocycles. The molecular formula is C23H22Cl2N6O3. The molecule has 0 fully saturated rings. The van der Waals surface area contributed by atoms with Gasteiger partial charge in [-0.2, -0.15) is 4.98 Å². The molecule has 2 heterocycles. The Morgan fingerprint density at radius 2 is 1.88 bits per heavy atom. The number of carbonyl (C=O) groups is 2. The van der Waals surface area contributed by atoms with Crippen molar-refractivity contribution in [2.24, 2.45) is 16.1 Å². The zero-order valence-electron chi connectivity index (χ0n) is 18.1. The molecule has 0 bridgehead atoms. The summed E-state index contributed by atoms with van der Waals surface area (Å²) in [6.45, 7) is 1.11. The predicted octanol–water partition coefficient (Wildman–Crippen LogP) is 4.41. The van der Waals surface area contributed by atoms with Crippen LogP contribution >= 0.6 is 23.2 Å². The summed E-state index contributed by atoms with van der Waals surface area (Å²) in [6, 6.07) is 5.04. The first-order chi connectivity index (χ1) is 16.5. The van der Waals surface area contributed by atoms with E-state index in [9.17, 15) is 9.59 Å². The Morgan fingerprint density at radius 3 is 2.71 bits per heavy atom. The largest absolute Gasteiger partial charge is 0.368 e. The van der Waals surface area contributed by atoms with Crippen LogP contribution in [0.5, 0.6) is 0 Å². The second kappa shape index (κ2) is 11.2. The van der Waals surface area contributed by atoms with Crippen LogP contribution in [0.25, 0.3) is 11.4 Å². The molecule has 1 atom stereocenters. The van der Waals surface area contributed by atoms with Crippen molar-refractivity contribution in [3.8, 4) is 11.4 Å². The van der Waals surface area contributed by atoms with Gasteiger partial charge in [-0.25, -0.2) is 0 Å². The highest BCUT2D eigenvalue weighted by Gasteiger charge is 2.26. The molecule has 176 valence electrons. The number of allylic oxidation sites excluding steroid dienone is 3. The van der Waals surface area contributed by atoms with Crippen molar-refractivity contribution in [1.82, 2.24) is 20.8 Å². The number of nitrogens with zero attached hydrogens (tertiary/aromatic N) is 4. The molecule has 4 rings (SSSR count). The Balaban J connectivity index is 1.14. The highest BCUT2D eigenvalue weighted by Crippen LogP contribution is 2.27. The number of halogens is 2. The third-order valence-electron chi connectivity index (χ3n) is 5.17. The number of nitrogens with one attached hydrogen (secondary N) is 2. The molecule has 34 heavy (non-hydrogen) atoms. The summed E-state index contributed by atoms with van der Waals surface area (Å²) in [4.78, 5) is 28.3. The van der Waals surface area contributed by atoms with Gasteiger partial charge in [-0.05, 0) is 31.0 Å². The SMILES string of the molecule is O=C(CCCc1nc(-c2cc(Cl)cc(Cl)c2)no1)NCCCNC1=C2C=CC=CC2C(=O)N=N1. The lowest BCUT2D eigenvalue weighted by Gasteiger charge is -2.20. The molecule has 1 unspecified atom stereocenters. The monoisotopic (exact) mass is 500 g/mol. The molecular weight excluding hydrogens is 479 g/mol. The zero-order chi connectivity index (χ0) is 23.9. The van der Waals surface area contributed by atoms with Gasteiger partial charge >= 0.3 is 0 Å². The number of aromatic nitrogens is 2. The molecule has 1 aliphatic heterocycles. The summed E-state index contributed by atoms with van der Waals surface area (Å²) < 4.78 is 5.26. The molecule has 1 aromatic carbocycles. The molecule has 0 radical (unpaired) electrons. The summed E-state index contributed by atoms with van der Waals surface area (Å²) in [6.07, 6.45) is 9.47. The maximum atomic E-state index is 12.1. The van der Waals surface area contributed by atoms with Gasteiger partial charge in [0.2, 0.25) is 17.6 Å². The third kappa shape index (κ3) is 6.18. The van der Waals surface area contributed by atoms with Gasteiger partial charge in [0.15, 0.2) is 5.82 Å². The Bertz CT molecular complexity index is 1180. The number of carbonyl (C=O) groups excluding carboxylic acids is 2. The van der Waals surface area contributed by atoms with Gasteiger partial charge in [0, 0.05) is 47.1 Å². The lowest BCUT2D eigenvalue weighted by Crippen LogP contribution is -2.28. The van der Waals surface area contributed by atoms with Crippen LogP contribution in [0.15, 0.2) is 68.6 Å². The van der Waals surface area contributed by atoms with Crippen LogP contribution in [0, 0.1) is 5.92 Å². The van der Waals surface area contributed by atoms with Crippen molar-refractivity contribution in [3.05, 3.63) is 69.8 Å². The van der Waals surface area contributed by atoms with Gasteiger partial charge in [-0.15, -0.1) is 10.2 Å². The highest BCUT2D eigenvalue weighted by atomic mass is 35.5. The Kier molecular flexibility index (Phi) is 7.87. The predicted molar refractivity (Wildman–Crippen MR) is 127 cm³/mol. The van der Waals surface area contributed by atoms with Gasteiger partial charge in [-0.1, -0.05) is 52.7 Å². The minimum absolute atomic E-state index is 0.0493. The summed E-state index contributed by atoms with van der Waals surface area (Å²) >= 11 is 12.0. The Morgan fingerprint density at radius 1 is 1.06 bits per heavy atom. The summed E-state index contributed by atoms with van der Waals surface area (Å²) in [5.41, 5.74) is 1.48. The molecule has 2 aromatic rings. The van der Waals surface area contributed by atoms with Crippen LogP contribution < -0.4 is 10.6 Å². The number of aryl methyl sites for hydroxylation is 1. The molecule has 2 amide bonds. The van der Waals surface area contributed by atoms with Crippen molar-refractivity contribution < 1.29 is 14.1 Å². The number of rotatable bonds is 10. The first kappa shape index (κ1) is 23.8. The van der Waals surface area contributed by atoms with E-state index in [0.717, 1.165) is 5.57 Å². The molecule has 2 N–H and O–H groups in total. The smallest absolute Gasteiger partial charge is 0.276 e. The fourth-order valence-corrected chi connectivity index (χ4v) is 4.03. The fraction of sp³-hybridized carbons (Fsp3) is 0.304. The summed E-state index contributed by atoms with van der Waals surface area (Å²) in [5.74, 6) is 0.757. The molecule has 2 aliphatic rings. The summed E-state index contributed by atoms with van der Waals surface area (Å²) in [5, 5.41) is 18.7. The van der Waals surface area contributed by atoms with E-state index in [1.165, 1.54) is 0 Å². The first-order valence-electron chi connectivity index (χ1n) is 10.8. The van der Waals surface area contributed by atoms with Gasteiger partial charge in [-0.3, -0.25) is 9.59 Å². The van der Waals surface area contributed by atoms with E-state index in [-0.39, 0.29) is 17.7 Å². The van der Waals surface area contributed by atoms with E-state index in [4.69, 9.17) is 27.7 Å². The topological polar surface area (TPSA) is 122 Å². The summed E-state index contributed by atoms with van der Waals surface area (Å²) in [7, 11) is 0. The molecule has 11 heteroatoms. The van der Waals surface area contributed by atoms with Crippen LogP contribution in [-0.4, -0.2) is 35.0 Å². The third-order valence-corrected chi connectivity index (χ3v) is 5.60. The van der Waals surface area contributed by atoms with Crippen LogP contribution in [-0.2, 0) is 16.0 Å². The van der Waals surface area contributed by atoms with E-state index in [1.807, 2.05) is 18.2 Å². The number of azo groups is 1. The lowest BCUT2D eigenvalue weighted by atomic mass is 9.93. The van der Waals surface area contributed by atoms with Crippen molar-refractivity contribution in [1.29, 1.82) is 0 Å². The van der Waals surface area contributed by atoms with Gasteiger partial charge in [0.1, 0.15) is 0 Å². The average molecular weight is 501 g/mol. The number of amides is 2. The van der Waals surface area contributed by atoms with Crippen LogP contribution in [0.2, 0.25) is 10.0 Å². The van der Waals surface area contributed by atoms with Crippen molar-refractivity contribution >= 4 is 35.0 Å². The van der Waals surface area contributed by atoms with Crippen molar-refractivity contribution in [2.45, 2.75) is 25.7 Å². The molecule has 0 saturated heterocycles. The molecule has 1 aliphatic carbocycles. The number of hydrogen-bond donors (Lipinski definition) is 2. The van der Waals surface area contributed by atoms with Crippen molar-refractivity contribution in [2.75, 3.05) is 13.1 Å². The van der Waals surface area contributed by atoms with Gasteiger partial charge in [0.05, 0.1) is 5.92 Å². The zero-order valence-corrected chi connectivity index (χ0v) is 19.6. The standard InChI is InChI=1S/C23H22Cl2N6O3/c24-15-11-14(12-16(25)13-15)21-28-20(34-31-21)8-3-7-19(32)26-9-4-10-27-22-17-5-1-2-6-18(17)23(33)30-29-22/h1-2,5-6,11-13,18,27H,3-4,7-10H2,(H,26,32). The highest BCUT2D eigenvalue weighted by molar-refractivity contribution is 6.35. The normalized spacial score (nSPS) is 16.6.